The maximum atomic E-state index is 2.32. The summed E-state index contributed by atoms with van der Waals surface area (Å²) < 4.78 is 2.55. The van der Waals surface area contributed by atoms with Crippen LogP contribution in [0, 0.1) is 7.14 Å². The molecule has 0 nitrogen and oxygen atoms in total. The Morgan fingerprint density at radius 1 is 0.500 bits per heavy atom. The summed E-state index contributed by atoms with van der Waals surface area (Å²) in [4.78, 5) is 2.58. The predicted octanol–water partition coefficient (Wildman–Crippen LogP) is 5.81. The normalized spacial score (nSPS) is 7.70. The Balaban J connectivity index is -0.000000256. The second-order valence-electron chi connectivity index (χ2n) is 3.01. The highest BCUT2D eigenvalue weighted by Crippen LogP contribution is 2.28. The fraction of sp³-hybridized carbons (Fsp3) is 0. The molecule has 0 heterocycles. The summed E-state index contributed by atoms with van der Waals surface area (Å²) in [7, 11) is 0. The minimum atomic E-state index is 0. The van der Waals surface area contributed by atoms with E-state index in [4.69, 9.17) is 0 Å². The Hall–Kier alpha value is -0.100. The van der Waals surface area contributed by atoms with Crippen molar-refractivity contribution >= 4 is 56.9 Å². The quantitative estimate of drug-likeness (QED) is 0.344. The van der Waals surface area contributed by atoms with Gasteiger partial charge in [-0.05, 0) is 93.7 Å². The van der Waals surface area contributed by atoms with Gasteiger partial charge in [0.15, 0.2) is 0 Å². The molecule has 0 aromatic heterocycles. The number of hydrogen-bond donors (Lipinski definition) is 0. The van der Waals surface area contributed by atoms with Gasteiger partial charge in [0, 0.05) is 16.9 Å². The molecule has 0 N–H and O–H groups in total. The van der Waals surface area contributed by atoms with Crippen molar-refractivity contribution < 1.29 is 23.5 Å². The monoisotopic (exact) mass is 538 g/mol. The molecule has 2 aromatic rings. The zero-order chi connectivity index (χ0) is 10.7. The Morgan fingerprint density at radius 3 is 1.00 bits per heavy atom. The molecule has 116 valence electrons. The highest BCUT2D eigenvalue weighted by atomic mass is 127. The molecule has 0 aliphatic heterocycles. The zero-order valence-corrected chi connectivity index (χ0v) is 15.0. The van der Waals surface area contributed by atoms with Crippen LogP contribution in [0.2, 0.25) is 0 Å². The Morgan fingerprint density at radius 2 is 0.750 bits per heavy atom. The lowest BCUT2D eigenvalue weighted by atomic mass is 10.4. The molecule has 8 heteroatoms. The van der Waals surface area contributed by atoms with E-state index in [-0.39, 0.29) is 23.5 Å². The van der Waals surface area contributed by atoms with Crippen LogP contribution in [0.15, 0.2) is 58.3 Å². The first-order valence-corrected chi connectivity index (χ1v) is 7.40. The van der Waals surface area contributed by atoms with Gasteiger partial charge in [-0.25, -0.2) is 0 Å². The standard InChI is InChI=1S/C12H8I2S.5FH/c13-9-1-5-11(6-2-9)15-12-7-3-10(14)4-8-12;;;;;/h1-8H;5*1H. The first-order chi connectivity index (χ1) is 7.24. The van der Waals surface area contributed by atoms with Crippen molar-refractivity contribution in [2.75, 3.05) is 0 Å². The van der Waals surface area contributed by atoms with E-state index < -0.39 is 0 Å². The number of halogens is 7. The van der Waals surface area contributed by atoms with Gasteiger partial charge in [0.1, 0.15) is 0 Å². The van der Waals surface area contributed by atoms with Crippen LogP contribution in [0.4, 0.5) is 23.5 Å². The molecular weight excluding hydrogens is 525 g/mol. The molecule has 0 fully saturated rings. The van der Waals surface area contributed by atoms with Gasteiger partial charge in [-0.15, -0.1) is 0 Å². The van der Waals surface area contributed by atoms with Gasteiger partial charge in [0.05, 0.1) is 0 Å². The van der Waals surface area contributed by atoms with Gasteiger partial charge in [-0.3, -0.25) is 23.5 Å². The molecule has 20 heavy (non-hydrogen) atoms. The number of hydrogen-bond acceptors (Lipinski definition) is 1. The zero-order valence-electron chi connectivity index (χ0n) is 9.82. The van der Waals surface area contributed by atoms with E-state index in [1.165, 1.54) is 16.9 Å². The Kier molecular flexibility index (Phi) is 19.5. The van der Waals surface area contributed by atoms with Crippen molar-refractivity contribution in [1.29, 1.82) is 0 Å². The van der Waals surface area contributed by atoms with Gasteiger partial charge in [0.25, 0.3) is 0 Å². The molecule has 0 aliphatic rings. The van der Waals surface area contributed by atoms with Gasteiger partial charge in [0.2, 0.25) is 0 Å². The predicted molar refractivity (Wildman–Crippen MR) is 95.0 cm³/mol. The molecule has 0 bridgehead atoms. The van der Waals surface area contributed by atoms with Crippen molar-refractivity contribution in [2.24, 2.45) is 0 Å². The smallest absolute Gasteiger partial charge is 0.0131 e. The highest BCUT2D eigenvalue weighted by molar-refractivity contribution is 14.1. The molecular formula is C12H13F5I2S. The van der Waals surface area contributed by atoms with Gasteiger partial charge in [-0.2, -0.15) is 0 Å². The summed E-state index contributed by atoms with van der Waals surface area (Å²) in [6.07, 6.45) is 0. The van der Waals surface area contributed by atoms with E-state index in [0.717, 1.165) is 0 Å². The van der Waals surface area contributed by atoms with E-state index in [1.807, 2.05) is 0 Å². The summed E-state index contributed by atoms with van der Waals surface area (Å²) in [6, 6.07) is 17.2. The molecule has 0 aliphatic carbocycles. The van der Waals surface area contributed by atoms with E-state index in [1.54, 1.807) is 11.8 Å². The van der Waals surface area contributed by atoms with Crippen LogP contribution in [0.25, 0.3) is 0 Å². The van der Waals surface area contributed by atoms with Crippen molar-refractivity contribution in [3.63, 3.8) is 0 Å². The third kappa shape index (κ3) is 8.95. The average molecular weight is 538 g/mol. The van der Waals surface area contributed by atoms with Gasteiger partial charge >= 0.3 is 0 Å². The first kappa shape index (κ1) is 28.1. The first-order valence-electron chi connectivity index (χ1n) is 4.43. The lowest BCUT2D eigenvalue weighted by molar-refractivity contribution is 1.11. The summed E-state index contributed by atoms with van der Waals surface area (Å²) in [5, 5.41) is 0. The molecule has 0 atom stereocenters. The molecule has 0 amide bonds. The fourth-order valence-electron chi connectivity index (χ4n) is 1.14. The highest BCUT2D eigenvalue weighted by Gasteiger charge is 1.96. The topological polar surface area (TPSA) is 0 Å². The minimum Gasteiger partial charge on any atom is -0.269 e. The molecule has 0 saturated carbocycles. The van der Waals surface area contributed by atoms with Crippen molar-refractivity contribution in [1.82, 2.24) is 0 Å². The summed E-state index contributed by atoms with van der Waals surface area (Å²) in [5.41, 5.74) is 0. The summed E-state index contributed by atoms with van der Waals surface area (Å²) in [5.74, 6) is 0. The average Bonchev–Trinajstić information content (AvgIpc) is 2.25. The van der Waals surface area contributed by atoms with Gasteiger partial charge < -0.3 is 0 Å². The van der Waals surface area contributed by atoms with Crippen LogP contribution in [0.1, 0.15) is 0 Å². The van der Waals surface area contributed by atoms with Crippen LogP contribution < -0.4 is 0 Å². The second-order valence-corrected chi connectivity index (χ2v) is 6.65. The van der Waals surface area contributed by atoms with Crippen LogP contribution in [0.5, 0.6) is 0 Å². The summed E-state index contributed by atoms with van der Waals surface area (Å²) in [6.45, 7) is 0. The maximum Gasteiger partial charge on any atom is 0.0131 e. The third-order valence-electron chi connectivity index (χ3n) is 1.86. The lowest BCUT2D eigenvalue weighted by Crippen LogP contribution is -1.75. The Labute approximate surface area is 145 Å². The van der Waals surface area contributed by atoms with Gasteiger partial charge in [-0.1, -0.05) is 11.8 Å². The molecule has 2 aromatic carbocycles. The van der Waals surface area contributed by atoms with Crippen LogP contribution in [-0.2, 0) is 0 Å². The minimum absolute atomic E-state index is 0. The second kappa shape index (κ2) is 13.9. The van der Waals surface area contributed by atoms with Crippen LogP contribution >= 0.6 is 56.9 Å². The van der Waals surface area contributed by atoms with E-state index in [0.29, 0.717) is 0 Å². The van der Waals surface area contributed by atoms with Crippen LogP contribution in [-0.4, -0.2) is 0 Å². The molecule has 0 unspecified atom stereocenters. The fourth-order valence-corrected chi connectivity index (χ4v) is 2.68. The molecule has 0 saturated heterocycles. The third-order valence-corrected chi connectivity index (χ3v) is 4.32. The van der Waals surface area contributed by atoms with Crippen molar-refractivity contribution in [2.45, 2.75) is 9.79 Å². The Bertz CT molecular complexity index is 407. The SMILES string of the molecule is F.F.F.F.F.Ic1ccc(Sc2ccc(I)cc2)cc1. The largest absolute Gasteiger partial charge is 0.269 e. The van der Waals surface area contributed by atoms with E-state index in [2.05, 4.69) is 93.7 Å². The molecule has 0 spiro atoms. The maximum absolute atomic E-state index is 2.32. The van der Waals surface area contributed by atoms with E-state index >= 15 is 0 Å². The molecule has 0 radical (unpaired) electrons. The number of rotatable bonds is 2. The van der Waals surface area contributed by atoms with Crippen molar-refractivity contribution in [3.05, 3.63) is 55.7 Å². The van der Waals surface area contributed by atoms with Crippen LogP contribution in [0.3, 0.4) is 0 Å². The lowest BCUT2D eigenvalue weighted by Gasteiger charge is -2.01. The van der Waals surface area contributed by atoms with E-state index in [9.17, 15) is 0 Å². The number of benzene rings is 2. The van der Waals surface area contributed by atoms with Crippen molar-refractivity contribution in [3.8, 4) is 0 Å². The molecule has 2 rings (SSSR count). The summed E-state index contributed by atoms with van der Waals surface area (Å²) >= 11 is 6.44.